The minimum Gasteiger partial charge on any atom is -0.383 e. The van der Waals surface area contributed by atoms with Crippen molar-refractivity contribution in [3.05, 3.63) is 33.1 Å². The summed E-state index contributed by atoms with van der Waals surface area (Å²) in [5, 5.41) is 0. The van der Waals surface area contributed by atoms with Crippen LogP contribution >= 0.6 is 0 Å². The SMILES string of the molecule is COCCN1CCCC2(CCCN2C(=O)Cn2ccc(=O)[nH]c2=O)C1=O. The van der Waals surface area contributed by atoms with Gasteiger partial charge in [-0.3, -0.25) is 23.9 Å². The van der Waals surface area contributed by atoms with Crippen molar-refractivity contribution in [1.82, 2.24) is 19.4 Å². The first-order valence-corrected chi connectivity index (χ1v) is 8.86. The molecule has 0 saturated carbocycles. The van der Waals surface area contributed by atoms with Crippen molar-refractivity contribution >= 4 is 11.8 Å². The number of nitrogens with one attached hydrogen (secondary N) is 1. The zero-order valence-electron chi connectivity index (χ0n) is 14.9. The van der Waals surface area contributed by atoms with Gasteiger partial charge in [-0.2, -0.15) is 0 Å². The third kappa shape index (κ3) is 3.31. The summed E-state index contributed by atoms with van der Waals surface area (Å²) in [6.45, 7) is 1.95. The molecule has 2 aliphatic rings. The van der Waals surface area contributed by atoms with E-state index in [0.29, 0.717) is 39.1 Å². The number of piperidine rings is 1. The van der Waals surface area contributed by atoms with E-state index in [1.807, 2.05) is 0 Å². The number of hydrogen-bond donors (Lipinski definition) is 1. The Balaban J connectivity index is 1.80. The first-order chi connectivity index (χ1) is 12.5. The molecule has 0 aliphatic carbocycles. The highest BCUT2D eigenvalue weighted by Gasteiger charge is 2.52. The molecule has 2 aliphatic heterocycles. The van der Waals surface area contributed by atoms with Gasteiger partial charge in [0.15, 0.2) is 0 Å². The van der Waals surface area contributed by atoms with Crippen molar-refractivity contribution in [3.63, 3.8) is 0 Å². The van der Waals surface area contributed by atoms with Gasteiger partial charge >= 0.3 is 5.69 Å². The Kier molecular flexibility index (Phi) is 5.26. The number of carbonyl (C=O) groups excluding carboxylic acids is 2. The number of amides is 2. The largest absolute Gasteiger partial charge is 0.383 e. The summed E-state index contributed by atoms with van der Waals surface area (Å²) in [5.41, 5.74) is -1.95. The molecule has 0 radical (unpaired) electrons. The van der Waals surface area contributed by atoms with Crippen LogP contribution in [0, 0.1) is 0 Å². The lowest BCUT2D eigenvalue weighted by Crippen LogP contribution is -2.62. The fraction of sp³-hybridized carbons (Fsp3) is 0.647. The number of likely N-dealkylation sites (tertiary alicyclic amines) is 2. The van der Waals surface area contributed by atoms with Crippen LogP contribution in [0.25, 0.3) is 0 Å². The van der Waals surface area contributed by atoms with E-state index < -0.39 is 16.8 Å². The van der Waals surface area contributed by atoms with Crippen LogP contribution < -0.4 is 11.2 Å². The van der Waals surface area contributed by atoms with Crippen molar-refractivity contribution in [2.75, 3.05) is 33.4 Å². The van der Waals surface area contributed by atoms with E-state index in [0.717, 1.165) is 17.4 Å². The van der Waals surface area contributed by atoms with E-state index in [9.17, 15) is 19.2 Å². The maximum atomic E-state index is 13.1. The molecule has 1 aromatic rings. The first kappa shape index (κ1) is 18.4. The molecule has 0 bridgehead atoms. The number of carbonyl (C=O) groups is 2. The molecule has 3 heterocycles. The Hall–Kier alpha value is -2.42. The van der Waals surface area contributed by atoms with E-state index in [1.54, 1.807) is 16.9 Å². The molecule has 2 saturated heterocycles. The van der Waals surface area contributed by atoms with Crippen LogP contribution in [0.4, 0.5) is 0 Å². The van der Waals surface area contributed by atoms with Crippen LogP contribution in [0.3, 0.4) is 0 Å². The topological polar surface area (TPSA) is 105 Å². The Bertz CT molecular complexity index is 801. The van der Waals surface area contributed by atoms with Crippen molar-refractivity contribution in [3.8, 4) is 0 Å². The van der Waals surface area contributed by atoms with E-state index in [2.05, 4.69) is 4.98 Å². The lowest BCUT2D eigenvalue weighted by molar-refractivity contribution is -0.156. The minimum absolute atomic E-state index is 0.0273. The number of nitrogens with zero attached hydrogens (tertiary/aromatic N) is 3. The van der Waals surface area contributed by atoms with Gasteiger partial charge in [0, 0.05) is 39.0 Å². The zero-order valence-corrected chi connectivity index (χ0v) is 14.9. The van der Waals surface area contributed by atoms with Crippen LogP contribution in [-0.2, 0) is 20.9 Å². The lowest BCUT2D eigenvalue weighted by atomic mass is 9.85. The fourth-order valence-corrected chi connectivity index (χ4v) is 4.00. The van der Waals surface area contributed by atoms with Gasteiger partial charge in [0.25, 0.3) is 5.56 Å². The molecule has 9 heteroatoms. The third-order valence-electron chi connectivity index (χ3n) is 5.26. The highest BCUT2D eigenvalue weighted by molar-refractivity contribution is 5.92. The van der Waals surface area contributed by atoms with Crippen LogP contribution in [-0.4, -0.2) is 70.1 Å². The smallest absolute Gasteiger partial charge is 0.328 e. The second-order valence-corrected chi connectivity index (χ2v) is 6.81. The van der Waals surface area contributed by atoms with E-state index in [1.165, 1.54) is 12.3 Å². The van der Waals surface area contributed by atoms with Crippen molar-refractivity contribution in [2.24, 2.45) is 0 Å². The summed E-state index contributed by atoms with van der Waals surface area (Å²) in [6, 6.07) is 1.20. The predicted molar refractivity (Wildman–Crippen MR) is 92.7 cm³/mol. The molecule has 26 heavy (non-hydrogen) atoms. The predicted octanol–water partition coefficient (Wildman–Crippen LogP) is -0.833. The Morgan fingerprint density at radius 2 is 1.96 bits per heavy atom. The maximum Gasteiger partial charge on any atom is 0.328 e. The number of H-pyrrole nitrogens is 1. The molecule has 142 valence electrons. The summed E-state index contributed by atoms with van der Waals surface area (Å²) in [7, 11) is 1.59. The van der Waals surface area contributed by atoms with Crippen molar-refractivity contribution in [2.45, 2.75) is 37.8 Å². The molecule has 1 unspecified atom stereocenters. The van der Waals surface area contributed by atoms with Crippen LogP contribution in [0.2, 0.25) is 0 Å². The summed E-state index contributed by atoms with van der Waals surface area (Å²) >= 11 is 0. The summed E-state index contributed by atoms with van der Waals surface area (Å²) < 4.78 is 6.24. The number of methoxy groups -OCH3 is 1. The van der Waals surface area contributed by atoms with E-state index in [-0.39, 0.29) is 18.4 Å². The second kappa shape index (κ2) is 7.45. The number of aromatic amines is 1. The van der Waals surface area contributed by atoms with Crippen LogP contribution in [0.1, 0.15) is 25.7 Å². The normalized spacial score (nSPS) is 23.0. The fourth-order valence-electron chi connectivity index (χ4n) is 4.00. The molecular formula is C17H24N4O5. The monoisotopic (exact) mass is 364 g/mol. The second-order valence-electron chi connectivity index (χ2n) is 6.81. The van der Waals surface area contributed by atoms with Gasteiger partial charge in [-0.1, -0.05) is 0 Å². The molecule has 2 amide bonds. The summed E-state index contributed by atoms with van der Waals surface area (Å²) in [4.78, 5) is 54.5. The highest BCUT2D eigenvalue weighted by Crippen LogP contribution is 2.38. The quantitative estimate of drug-likeness (QED) is 0.734. The molecule has 1 N–H and O–H groups in total. The standard InChI is InChI=1S/C17H24N4O5/c1-26-11-10-19-7-2-5-17(15(19)24)6-3-8-21(17)14(23)12-20-9-4-13(22)18-16(20)25/h4,9H,2-3,5-8,10-12H2,1H3,(H,18,22,25). The summed E-state index contributed by atoms with van der Waals surface area (Å²) in [6.07, 6.45) is 4.17. The van der Waals surface area contributed by atoms with Crippen LogP contribution in [0.5, 0.6) is 0 Å². The van der Waals surface area contributed by atoms with Crippen LogP contribution in [0.15, 0.2) is 21.9 Å². The van der Waals surface area contributed by atoms with Gasteiger partial charge in [-0.15, -0.1) is 0 Å². The molecule has 9 nitrogen and oxygen atoms in total. The lowest BCUT2D eigenvalue weighted by Gasteiger charge is -2.44. The number of hydrogen-bond acceptors (Lipinski definition) is 5. The molecular weight excluding hydrogens is 340 g/mol. The van der Waals surface area contributed by atoms with Gasteiger partial charge in [0.05, 0.1) is 6.61 Å². The summed E-state index contributed by atoms with van der Waals surface area (Å²) in [5.74, 6) is -0.306. The molecule has 1 atom stereocenters. The number of ether oxygens (including phenoxy) is 1. The number of rotatable bonds is 5. The Morgan fingerprint density at radius 3 is 2.65 bits per heavy atom. The number of aromatic nitrogens is 2. The molecule has 3 rings (SSSR count). The third-order valence-corrected chi connectivity index (χ3v) is 5.26. The Morgan fingerprint density at radius 1 is 1.23 bits per heavy atom. The highest BCUT2D eigenvalue weighted by atomic mass is 16.5. The van der Waals surface area contributed by atoms with Gasteiger partial charge in [0.2, 0.25) is 11.8 Å². The van der Waals surface area contributed by atoms with Gasteiger partial charge in [0.1, 0.15) is 12.1 Å². The van der Waals surface area contributed by atoms with Gasteiger partial charge in [-0.25, -0.2) is 4.79 Å². The molecule has 1 spiro atoms. The van der Waals surface area contributed by atoms with Gasteiger partial charge in [-0.05, 0) is 25.7 Å². The minimum atomic E-state index is -0.811. The van der Waals surface area contributed by atoms with Crippen molar-refractivity contribution < 1.29 is 14.3 Å². The average Bonchev–Trinajstić information content (AvgIpc) is 3.03. The molecule has 0 aromatic carbocycles. The molecule has 2 fully saturated rings. The molecule has 1 aromatic heterocycles. The maximum absolute atomic E-state index is 13.1. The van der Waals surface area contributed by atoms with E-state index >= 15 is 0 Å². The first-order valence-electron chi connectivity index (χ1n) is 8.86. The Labute approximate surface area is 150 Å². The van der Waals surface area contributed by atoms with Crippen molar-refractivity contribution in [1.29, 1.82) is 0 Å². The zero-order chi connectivity index (χ0) is 18.7. The van der Waals surface area contributed by atoms with E-state index in [4.69, 9.17) is 4.74 Å². The average molecular weight is 364 g/mol. The van der Waals surface area contributed by atoms with Gasteiger partial charge < -0.3 is 14.5 Å².